The van der Waals surface area contributed by atoms with Gasteiger partial charge in [0.15, 0.2) is 5.90 Å². The van der Waals surface area contributed by atoms with Gasteiger partial charge in [-0.15, -0.1) is 0 Å². The molecule has 0 fully saturated rings. The fraction of sp³-hybridized carbons (Fsp3) is 0.875. The van der Waals surface area contributed by atoms with Crippen molar-refractivity contribution in [1.82, 2.24) is 0 Å². The predicted octanol–water partition coefficient (Wildman–Crippen LogP) is 2.58. The number of ether oxygens (including phenoxy) is 1. The van der Waals surface area contributed by atoms with Gasteiger partial charge in [-0.2, -0.15) is 0 Å². The van der Waals surface area contributed by atoms with Crippen molar-refractivity contribution in [3.63, 3.8) is 0 Å². The minimum Gasteiger partial charge on any atom is -0.478 e. The summed E-state index contributed by atoms with van der Waals surface area (Å²) < 4.78 is 5.14. The summed E-state index contributed by atoms with van der Waals surface area (Å²) in [6.07, 6.45) is 3.13. The van der Waals surface area contributed by atoms with Gasteiger partial charge in [0.05, 0.1) is 6.10 Å². The molecule has 0 bridgehead atoms. The Kier molecular flexibility index (Phi) is 4.99. The topological polar surface area (TPSA) is 33.1 Å². The van der Waals surface area contributed by atoms with Crippen molar-refractivity contribution in [3.8, 4) is 0 Å². The molecule has 1 N–H and O–H groups in total. The minimum absolute atomic E-state index is 0.157. The lowest BCUT2D eigenvalue weighted by atomic mass is 10.2. The first-order valence-corrected chi connectivity index (χ1v) is 3.91. The molecule has 0 spiro atoms. The Labute approximate surface area is 63.1 Å². The van der Waals surface area contributed by atoms with E-state index in [4.69, 9.17) is 10.1 Å². The van der Waals surface area contributed by atoms with Crippen LogP contribution in [0.5, 0.6) is 0 Å². The number of hydrogen-bond acceptors (Lipinski definition) is 2. The summed E-state index contributed by atoms with van der Waals surface area (Å²) in [6.45, 7) is 6.00. The zero-order valence-electron chi connectivity index (χ0n) is 7.11. The lowest BCUT2D eigenvalue weighted by Gasteiger charge is -2.09. The SMILES string of the molecule is CCCCC(=N)OC(C)C. The second-order valence-corrected chi connectivity index (χ2v) is 2.69. The molecule has 0 aliphatic rings. The Morgan fingerprint density at radius 2 is 2.10 bits per heavy atom. The first-order valence-electron chi connectivity index (χ1n) is 3.91. The largest absolute Gasteiger partial charge is 0.478 e. The molecule has 0 aromatic carbocycles. The van der Waals surface area contributed by atoms with Gasteiger partial charge in [0.25, 0.3) is 0 Å². The maximum Gasteiger partial charge on any atom is 0.180 e. The minimum atomic E-state index is 0.157. The molecule has 0 saturated carbocycles. The van der Waals surface area contributed by atoms with E-state index in [-0.39, 0.29) is 6.10 Å². The quantitative estimate of drug-likeness (QED) is 0.476. The monoisotopic (exact) mass is 143 g/mol. The highest BCUT2D eigenvalue weighted by molar-refractivity contribution is 5.72. The van der Waals surface area contributed by atoms with Gasteiger partial charge < -0.3 is 4.74 Å². The molecule has 0 aromatic heterocycles. The molecular weight excluding hydrogens is 126 g/mol. The van der Waals surface area contributed by atoms with Crippen LogP contribution < -0.4 is 0 Å². The third kappa shape index (κ3) is 5.60. The van der Waals surface area contributed by atoms with Crippen LogP contribution in [0.1, 0.15) is 40.0 Å². The molecule has 0 aromatic rings. The summed E-state index contributed by atoms with van der Waals surface area (Å²) in [7, 11) is 0. The fourth-order valence-corrected chi connectivity index (χ4v) is 0.681. The zero-order chi connectivity index (χ0) is 7.98. The lowest BCUT2D eigenvalue weighted by Crippen LogP contribution is -2.09. The summed E-state index contributed by atoms with van der Waals surface area (Å²) in [5.74, 6) is 0.428. The molecular formula is C8H17NO. The Hall–Kier alpha value is -0.530. The first kappa shape index (κ1) is 9.47. The van der Waals surface area contributed by atoms with Crippen molar-refractivity contribution >= 4 is 5.90 Å². The van der Waals surface area contributed by atoms with Crippen LogP contribution in [0.3, 0.4) is 0 Å². The molecule has 0 aliphatic heterocycles. The normalized spacial score (nSPS) is 10.0. The average molecular weight is 143 g/mol. The van der Waals surface area contributed by atoms with E-state index in [9.17, 15) is 0 Å². The van der Waals surface area contributed by atoms with Gasteiger partial charge in [-0.05, 0) is 20.3 Å². The highest BCUT2D eigenvalue weighted by atomic mass is 16.5. The van der Waals surface area contributed by atoms with E-state index in [2.05, 4.69) is 6.92 Å². The van der Waals surface area contributed by atoms with Gasteiger partial charge in [-0.25, -0.2) is 0 Å². The van der Waals surface area contributed by atoms with E-state index in [0.29, 0.717) is 5.90 Å². The van der Waals surface area contributed by atoms with E-state index in [1.807, 2.05) is 13.8 Å². The van der Waals surface area contributed by atoms with Crippen molar-refractivity contribution in [2.24, 2.45) is 0 Å². The number of nitrogens with one attached hydrogen (secondary N) is 1. The van der Waals surface area contributed by atoms with Gasteiger partial charge >= 0.3 is 0 Å². The van der Waals surface area contributed by atoms with Gasteiger partial charge in [-0.1, -0.05) is 13.3 Å². The molecule has 0 atom stereocenters. The maximum absolute atomic E-state index is 7.30. The van der Waals surface area contributed by atoms with E-state index < -0.39 is 0 Å². The molecule has 0 amide bonds. The highest BCUT2D eigenvalue weighted by Crippen LogP contribution is 1.99. The summed E-state index contributed by atoms with van der Waals surface area (Å²) in [6, 6.07) is 0. The smallest absolute Gasteiger partial charge is 0.180 e. The number of unbranched alkanes of at least 4 members (excludes halogenated alkanes) is 1. The predicted molar refractivity (Wildman–Crippen MR) is 43.5 cm³/mol. The third-order valence-electron chi connectivity index (χ3n) is 1.14. The van der Waals surface area contributed by atoms with Crippen molar-refractivity contribution in [1.29, 1.82) is 5.41 Å². The number of rotatable bonds is 4. The molecule has 0 rings (SSSR count). The lowest BCUT2D eigenvalue weighted by molar-refractivity contribution is 0.218. The highest BCUT2D eigenvalue weighted by Gasteiger charge is 1.98. The molecule has 0 saturated heterocycles. The van der Waals surface area contributed by atoms with Gasteiger partial charge in [0.2, 0.25) is 0 Å². The Morgan fingerprint density at radius 3 is 2.50 bits per heavy atom. The van der Waals surface area contributed by atoms with Crippen molar-refractivity contribution in [2.75, 3.05) is 0 Å². The van der Waals surface area contributed by atoms with E-state index in [1.54, 1.807) is 0 Å². The van der Waals surface area contributed by atoms with Crippen molar-refractivity contribution < 1.29 is 4.74 Å². The van der Waals surface area contributed by atoms with Crippen LogP contribution in [-0.2, 0) is 4.74 Å². The van der Waals surface area contributed by atoms with Gasteiger partial charge in [0, 0.05) is 6.42 Å². The molecule has 0 radical (unpaired) electrons. The number of hydrogen-bond donors (Lipinski definition) is 1. The molecule has 0 heterocycles. The molecule has 2 nitrogen and oxygen atoms in total. The van der Waals surface area contributed by atoms with Crippen LogP contribution in [0.4, 0.5) is 0 Å². The van der Waals surface area contributed by atoms with Crippen LogP contribution in [0.2, 0.25) is 0 Å². The first-order chi connectivity index (χ1) is 4.66. The summed E-state index contributed by atoms with van der Waals surface area (Å²) in [4.78, 5) is 0. The van der Waals surface area contributed by atoms with E-state index in [1.165, 1.54) is 0 Å². The Balaban J connectivity index is 3.26. The summed E-state index contributed by atoms with van der Waals surface area (Å²) in [5, 5.41) is 7.30. The van der Waals surface area contributed by atoms with Crippen LogP contribution in [0.25, 0.3) is 0 Å². The summed E-state index contributed by atoms with van der Waals surface area (Å²) >= 11 is 0. The molecule has 0 unspecified atom stereocenters. The van der Waals surface area contributed by atoms with Crippen molar-refractivity contribution in [2.45, 2.75) is 46.1 Å². The van der Waals surface area contributed by atoms with E-state index in [0.717, 1.165) is 19.3 Å². The van der Waals surface area contributed by atoms with Crippen LogP contribution in [0, 0.1) is 5.41 Å². The molecule has 60 valence electrons. The second-order valence-electron chi connectivity index (χ2n) is 2.69. The molecule has 10 heavy (non-hydrogen) atoms. The standard InChI is InChI=1S/C8H17NO/c1-4-5-6-8(9)10-7(2)3/h7,9H,4-6H2,1-3H3. The average Bonchev–Trinajstić information content (AvgIpc) is 1.82. The molecule has 0 aliphatic carbocycles. The van der Waals surface area contributed by atoms with Crippen LogP contribution >= 0.6 is 0 Å². The van der Waals surface area contributed by atoms with Gasteiger partial charge in [-0.3, -0.25) is 5.41 Å². The third-order valence-corrected chi connectivity index (χ3v) is 1.14. The van der Waals surface area contributed by atoms with Crippen molar-refractivity contribution in [3.05, 3.63) is 0 Å². The fourth-order valence-electron chi connectivity index (χ4n) is 0.681. The Morgan fingerprint density at radius 1 is 1.50 bits per heavy atom. The van der Waals surface area contributed by atoms with Crippen LogP contribution in [-0.4, -0.2) is 12.0 Å². The maximum atomic E-state index is 7.30. The van der Waals surface area contributed by atoms with Crippen LogP contribution in [0.15, 0.2) is 0 Å². The summed E-state index contributed by atoms with van der Waals surface area (Å²) in [5.41, 5.74) is 0. The second kappa shape index (κ2) is 5.27. The zero-order valence-corrected chi connectivity index (χ0v) is 7.11. The van der Waals surface area contributed by atoms with E-state index >= 15 is 0 Å². The van der Waals surface area contributed by atoms with Gasteiger partial charge in [0.1, 0.15) is 0 Å². The Bertz CT molecular complexity index is 99.4. The molecule has 2 heteroatoms.